The molecule has 0 aliphatic heterocycles. The molecule has 0 amide bonds. The first-order valence-corrected chi connectivity index (χ1v) is 6.78. The van der Waals surface area contributed by atoms with Crippen molar-refractivity contribution in [3.05, 3.63) is 34.3 Å². The highest BCUT2D eigenvalue weighted by molar-refractivity contribution is 6.31. The Morgan fingerprint density at radius 2 is 2.24 bits per heavy atom. The lowest BCUT2D eigenvalue weighted by atomic mass is 10.0. The first-order valence-electron chi connectivity index (χ1n) is 6.40. The zero-order valence-electron chi connectivity index (χ0n) is 10.4. The smallest absolute Gasteiger partial charge is 0.0445 e. The van der Waals surface area contributed by atoms with Gasteiger partial charge in [-0.05, 0) is 43.0 Å². The Balaban J connectivity index is 1.92. The van der Waals surface area contributed by atoms with Gasteiger partial charge in [0.2, 0.25) is 0 Å². The number of hydrogen-bond acceptors (Lipinski definition) is 2. The maximum absolute atomic E-state index is 6.14. The number of aryl methyl sites for hydroxylation is 1. The molecule has 1 aromatic rings. The van der Waals surface area contributed by atoms with E-state index in [9.17, 15) is 0 Å². The van der Waals surface area contributed by atoms with Crippen molar-refractivity contribution in [2.75, 3.05) is 13.1 Å². The number of nitrogens with two attached hydrogens (primary N) is 1. The molecule has 3 N–H and O–H groups in total. The van der Waals surface area contributed by atoms with Gasteiger partial charge in [0.1, 0.15) is 0 Å². The summed E-state index contributed by atoms with van der Waals surface area (Å²) in [5.74, 6) is 0.961. The third-order valence-electron chi connectivity index (χ3n) is 3.47. The molecule has 1 atom stereocenters. The Labute approximate surface area is 109 Å². The lowest BCUT2D eigenvalue weighted by Gasteiger charge is -2.18. The second-order valence-electron chi connectivity index (χ2n) is 4.98. The van der Waals surface area contributed by atoms with Crippen molar-refractivity contribution >= 4 is 11.6 Å². The largest absolute Gasteiger partial charge is 0.329 e. The Kier molecular flexibility index (Phi) is 4.43. The van der Waals surface area contributed by atoms with Crippen LogP contribution in [0, 0.1) is 12.8 Å². The lowest BCUT2D eigenvalue weighted by molar-refractivity contribution is 0.516. The summed E-state index contributed by atoms with van der Waals surface area (Å²) in [4.78, 5) is 0. The van der Waals surface area contributed by atoms with Gasteiger partial charge in [0.25, 0.3) is 0 Å². The Hall–Kier alpha value is -0.570. The molecule has 0 bridgehead atoms. The predicted octanol–water partition coefficient (Wildman–Crippen LogP) is 3.04. The number of rotatable bonds is 6. The number of hydrogen-bond donors (Lipinski definition) is 2. The highest BCUT2D eigenvalue weighted by Crippen LogP contribution is 2.32. The molecule has 1 aromatic carbocycles. The minimum atomic E-state index is 0.229. The van der Waals surface area contributed by atoms with E-state index in [2.05, 4.69) is 17.4 Å². The zero-order chi connectivity index (χ0) is 12.3. The van der Waals surface area contributed by atoms with Crippen LogP contribution < -0.4 is 11.1 Å². The van der Waals surface area contributed by atoms with Crippen LogP contribution in [0.2, 0.25) is 5.02 Å². The van der Waals surface area contributed by atoms with Crippen molar-refractivity contribution in [1.29, 1.82) is 0 Å². The Bertz CT molecular complexity index is 374. The molecule has 1 aliphatic rings. The fourth-order valence-corrected chi connectivity index (χ4v) is 2.22. The van der Waals surface area contributed by atoms with E-state index >= 15 is 0 Å². The van der Waals surface area contributed by atoms with Gasteiger partial charge in [-0.15, -0.1) is 0 Å². The van der Waals surface area contributed by atoms with Crippen LogP contribution in [0.4, 0.5) is 0 Å². The van der Waals surface area contributed by atoms with Crippen LogP contribution in [0.15, 0.2) is 18.2 Å². The maximum Gasteiger partial charge on any atom is 0.0445 e. The Morgan fingerprint density at radius 1 is 1.47 bits per heavy atom. The molecule has 0 heterocycles. The van der Waals surface area contributed by atoms with Crippen molar-refractivity contribution in [3.63, 3.8) is 0 Å². The van der Waals surface area contributed by atoms with Crippen LogP contribution in [0.1, 0.15) is 36.4 Å². The molecule has 0 spiro atoms. The van der Waals surface area contributed by atoms with Gasteiger partial charge in [-0.1, -0.05) is 36.6 Å². The number of nitrogens with one attached hydrogen (secondary N) is 1. The summed E-state index contributed by atoms with van der Waals surface area (Å²) < 4.78 is 0. The lowest BCUT2D eigenvalue weighted by Crippen LogP contribution is -2.29. The quantitative estimate of drug-likeness (QED) is 0.817. The van der Waals surface area contributed by atoms with Crippen LogP contribution >= 0.6 is 11.6 Å². The van der Waals surface area contributed by atoms with Crippen LogP contribution in [0.5, 0.6) is 0 Å². The van der Waals surface area contributed by atoms with Crippen LogP contribution in [0.25, 0.3) is 0 Å². The van der Waals surface area contributed by atoms with Gasteiger partial charge >= 0.3 is 0 Å². The summed E-state index contributed by atoms with van der Waals surface area (Å²) >= 11 is 6.14. The van der Waals surface area contributed by atoms with E-state index in [0.717, 1.165) is 23.0 Å². The summed E-state index contributed by atoms with van der Waals surface area (Å²) in [7, 11) is 0. The van der Waals surface area contributed by atoms with Crippen molar-refractivity contribution in [1.82, 2.24) is 5.32 Å². The molecular formula is C14H21ClN2. The molecule has 3 heteroatoms. The summed E-state index contributed by atoms with van der Waals surface area (Å²) in [6.45, 7) is 3.69. The second-order valence-corrected chi connectivity index (χ2v) is 5.39. The molecule has 2 rings (SSSR count). The second kappa shape index (κ2) is 5.85. The summed E-state index contributed by atoms with van der Waals surface area (Å²) in [5, 5.41) is 4.34. The monoisotopic (exact) mass is 252 g/mol. The minimum absolute atomic E-state index is 0.229. The van der Waals surface area contributed by atoms with Gasteiger partial charge in [-0.25, -0.2) is 0 Å². The topological polar surface area (TPSA) is 38.0 Å². The molecule has 1 aliphatic carbocycles. The molecule has 94 valence electrons. The highest BCUT2D eigenvalue weighted by atomic mass is 35.5. The molecule has 0 saturated heterocycles. The molecule has 2 nitrogen and oxygen atoms in total. The molecule has 1 fully saturated rings. The maximum atomic E-state index is 6.14. The average Bonchev–Trinajstić information content (AvgIpc) is 3.12. The average molecular weight is 253 g/mol. The van der Waals surface area contributed by atoms with Gasteiger partial charge < -0.3 is 11.1 Å². The van der Waals surface area contributed by atoms with E-state index in [1.165, 1.54) is 24.8 Å². The normalized spacial score (nSPS) is 17.1. The van der Waals surface area contributed by atoms with E-state index in [4.69, 9.17) is 17.3 Å². The van der Waals surface area contributed by atoms with Crippen LogP contribution in [0.3, 0.4) is 0 Å². The van der Waals surface area contributed by atoms with Gasteiger partial charge in [-0.3, -0.25) is 0 Å². The first kappa shape index (κ1) is 12.9. The van der Waals surface area contributed by atoms with E-state index in [1.54, 1.807) is 0 Å². The zero-order valence-corrected chi connectivity index (χ0v) is 11.1. The van der Waals surface area contributed by atoms with E-state index < -0.39 is 0 Å². The number of halogens is 1. The molecular weight excluding hydrogens is 232 g/mol. The van der Waals surface area contributed by atoms with Crippen LogP contribution in [-0.4, -0.2) is 13.1 Å². The fourth-order valence-electron chi connectivity index (χ4n) is 2.03. The van der Waals surface area contributed by atoms with Crippen molar-refractivity contribution in [2.45, 2.75) is 32.2 Å². The predicted molar refractivity (Wildman–Crippen MR) is 73.3 cm³/mol. The van der Waals surface area contributed by atoms with Crippen molar-refractivity contribution in [3.8, 4) is 0 Å². The molecule has 1 unspecified atom stereocenters. The van der Waals surface area contributed by atoms with Gasteiger partial charge in [0, 0.05) is 17.6 Å². The van der Waals surface area contributed by atoms with Gasteiger partial charge in [0.05, 0.1) is 0 Å². The standard InChI is InChI=1S/C14H21ClN2/c1-10-2-5-12(8-13(10)15)14(9-16)17-7-6-11-3-4-11/h2,5,8,11,14,17H,3-4,6-7,9,16H2,1H3. The van der Waals surface area contributed by atoms with Crippen LogP contribution in [-0.2, 0) is 0 Å². The fraction of sp³-hybridized carbons (Fsp3) is 0.571. The third-order valence-corrected chi connectivity index (χ3v) is 3.88. The Morgan fingerprint density at radius 3 is 2.82 bits per heavy atom. The van der Waals surface area contributed by atoms with Crippen molar-refractivity contribution < 1.29 is 0 Å². The molecule has 1 saturated carbocycles. The summed E-state index contributed by atoms with van der Waals surface area (Å²) in [6, 6.07) is 6.43. The van der Waals surface area contributed by atoms with Gasteiger partial charge in [-0.2, -0.15) is 0 Å². The van der Waals surface area contributed by atoms with Crippen molar-refractivity contribution in [2.24, 2.45) is 11.7 Å². The molecule has 0 radical (unpaired) electrons. The van der Waals surface area contributed by atoms with Gasteiger partial charge in [0.15, 0.2) is 0 Å². The van der Waals surface area contributed by atoms with E-state index in [0.29, 0.717) is 6.54 Å². The molecule has 17 heavy (non-hydrogen) atoms. The SMILES string of the molecule is Cc1ccc(C(CN)NCCC2CC2)cc1Cl. The highest BCUT2D eigenvalue weighted by Gasteiger charge is 2.21. The summed E-state index contributed by atoms with van der Waals surface area (Å²) in [6.07, 6.45) is 4.09. The minimum Gasteiger partial charge on any atom is -0.329 e. The third kappa shape index (κ3) is 3.70. The number of benzene rings is 1. The molecule has 0 aromatic heterocycles. The summed E-state index contributed by atoms with van der Waals surface area (Å²) in [5.41, 5.74) is 8.13. The van der Waals surface area contributed by atoms with E-state index in [1.807, 2.05) is 13.0 Å². The first-order chi connectivity index (χ1) is 8.20. The van der Waals surface area contributed by atoms with E-state index in [-0.39, 0.29) is 6.04 Å².